The highest BCUT2D eigenvalue weighted by Crippen LogP contribution is 2.27. The Morgan fingerprint density at radius 3 is 2.35 bits per heavy atom. The second-order valence-corrected chi connectivity index (χ2v) is 8.16. The number of aliphatic hydroxyl groups is 1. The number of methoxy groups -OCH3 is 1. The molecule has 0 aliphatic carbocycles. The number of ether oxygens (including phenoxy) is 2. The van der Waals surface area contributed by atoms with Gasteiger partial charge in [0.2, 0.25) is 17.5 Å². The summed E-state index contributed by atoms with van der Waals surface area (Å²) in [5.41, 5.74) is 8.22. The molecule has 37 heavy (non-hydrogen) atoms. The van der Waals surface area contributed by atoms with E-state index in [0.29, 0.717) is 0 Å². The van der Waals surface area contributed by atoms with Crippen LogP contribution in [0.15, 0.2) is 30.6 Å². The highest BCUT2D eigenvalue weighted by Gasteiger charge is 2.49. The lowest BCUT2D eigenvalue weighted by Crippen LogP contribution is -2.53. The number of nitrogens with two attached hydrogens (primary N) is 2. The molecule has 198 valence electrons. The number of amides is 1. The molecule has 0 fully saturated rings. The van der Waals surface area contributed by atoms with Crippen LogP contribution < -0.4 is 11.5 Å². The number of halogens is 2. The highest BCUT2D eigenvalue weighted by atomic mass is 35.5. The minimum atomic E-state index is -2.84. The predicted molar refractivity (Wildman–Crippen MR) is 124 cm³/mol. The summed E-state index contributed by atoms with van der Waals surface area (Å²) in [5.74, 6) is -4.57. The number of fused-ring (bicyclic) bond motifs is 1. The second kappa shape index (κ2) is 11.0. The molecule has 0 radical (unpaired) electrons. The van der Waals surface area contributed by atoms with Crippen molar-refractivity contribution < 1.29 is 43.6 Å². The number of carboxylic acids is 2. The summed E-state index contributed by atoms with van der Waals surface area (Å²) in [6.45, 7) is -0.847. The summed E-state index contributed by atoms with van der Waals surface area (Å²) < 4.78 is 26.4. The first-order valence-electron chi connectivity index (χ1n) is 10.4. The van der Waals surface area contributed by atoms with Gasteiger partial charge in [-0.2, -0.15) is 9.97 Å². The van der Waals surface area contributed by atoms with Crippen LogP contribution in [0, 0.1) is 0 Å². The maximum Gasteiger partial charge on any atom is 0.348 e. The monoisotopic (exact) mass is 540 g/mol. The van der Waals surface area contributed by atoms with Gasteiger partial charge in [-0.1, -0.05) is 12.1 Å². The van der Waals surface area contributed by atoms with Crippen molar-refractivity contribution in [3.05, 3.63) is 47.0 Å². The number of benzene rings is 1. The van der Waals surface area contributed by atoms with Gasteiger partial charge in [-0.25, -0.2) is 19.0 Å². The zero-order valence-electron chi connectivity index (χ0n) is 19.1. The Labute approximate surface area is 212 Å². The average Bonchev–Trinajstić information content (AvgIpc) is 3.27. The third kappa shape index (κ3) is 5.59. The third-order valence-electron chi connectivity index (χ3n) is 5.53. The predicted octanol–water partition coefficient (Wildman–Crippen LogP) is 0.172. The van der Waals surface area contributed by atoms with E-state index in [2.05, 4.69) is 15.0 Å². The van der Waals surface area contributed by atoms with E-state index >= 15 is 4.39 Å². The van der Waals surface area contributed by atoms with Crippen LogP contribution in [0.1, 0.15) is 22.2 Å². The van der Waals surface area contributed by atoms with E-state index in [1.165, 1.54) is 24.3 Å². The fraction of sp³-hybridized carbons (Fsp3) is 0.333. The van der Waals surface area contributed by atoms with E-state index in [4.69, 9.17) is 32.5 Å². The highest BCUT2D eigenvalue weighted by molar-refractivity contribution is 6.28. The fourth-order valence-corrected chi connectivity index (χ4v) is 3.63. The molecule has 0 saturated heterocycles. The SMILES string of the molecule is CO[C@H](COC(Cc1ccc(C(N)=O)cc1)(C(=O)O)C(=O)O)[C@@H](O)[C@H](F)n1cnc2c(N)nc(Cl)nc21. The molecule has 3 rings (SSSR count). The van der Waals surface area contributed by atoms with Crippen molar-refractivity contribution in [2.45, 2.75) is 30.5 Å². The summed E-state index contributed by atoms with van der Waals surface area (Å²) in [7, 11) is 1.08. The quantitative estimate of drug-likeness (QED) is 0.153. The van der Waals surface area contributed by atoms with Crippen molar-refractivity contribution in [3.8, 4) is 0 Å². The van der Waals surface area contributed by atoms with Crippen LogP contribution in [0.25, 0.3) is 11.2 Å². The number of aliphatic carboxylic acids is 2. The van der Waals surface area contributed by atoms with Crippen LogP contribution >= 0.6 is 11.6 Å². The molecule has 3 atom stereocenters. The van der Waals surface area contributed by atoms with Crippen molar-refractivity contribution in [3.63, 3.8) is 0 Å². The lowest BCUT2D eigenvalue weighted by molar-refractivity contribution is -0.192. The normalized spacial score (nSPS) is 14.3. The Hall–Kier alpha value is -3.92. The topological polar surface area (TPSA) is 226 Å². The number of rotatable bonds is 12. The van der Waals surface area contributed by atoms with Crippen molar-refractivity contribution >= 4 is 46.4 Å². The number of carboxylic acid groups (broad SMARTS) is 2. The number of nitrogen functional groups attached to an aromatic ring is 1. The van der Waals surface area contributed by atoms with E-state index in [0.717, 1.165) is 18.0 Å². The average molecular weight is 541 g/mol. The molecule has 0 bridgehead atoms. The first kappa shape index (κ1) is 27.7. The first-order valence-corrected chi connectivity index (χ1v) is 10.8. The Bertz CT molecular complexity index is 1310. The maximum atomic E-state index is 15.3. The van der Waals surface area contributed by atoms with Crippen LogP contribution in [0.5, 0.6) is 0 Å². The summed E-state index contributed by atoms with van der Waals surface area (Å²) in [6, 6.07) is 5.21. The van der Waals surface area contributed by atoms with Gasteiger partial charge in [-0.15, -0.1) is 0 Å². The Morgan fingerprint density at radius 1 is 1.19 bits per heavy atom. The first-order chi connectivity index (χ1) is 17.4. The van der Waals surface area contributed by atoms with Crippen LogP contribution in [-0.4, -0.2) is 84.2 Å². The number of aromatic nitrogens is 4. The number of hydrogen-bond acceptors (Lipinski definition) is 10. The molecule has 7 N–H and O–H groups in total. The molecule has 0 unspecified atom stereocenters. The van der Waals surface area contributed by atoms with Crippen LogP contribution in [0.2, 0.25) is 5.28 Å². The number of imidazole rings is 1. The van der Waals surface area contributed by atoms with Crippen LogP contribution in [0.4, 0.5) is 10.2 Å². The Kier molecular flexibility index (Phi) is 8.22. The largest absolute Gasteiger partial charge is 0.479 e. The maximum absolute atomic E-state index is 15.3. The molecule has 1 aromatic carbocycles. The summed E-state index contributed by atoms with van der Waals surface area (Å²) >= 11 is 5.77. The Balaban J connectivity index is 1.84. The molecule has 14 nitrogen and oxygen atoms in total. The molecule has 0 aliphatic rings. The molecule has 2 heterocycles. The number of carbonyl (C=O) groups excluding carboxylic acids is 1. The van der Waals surface area contributed by atoms with Crippen LogP contribution in [0.3, 0.4) is 0 Å². The minimum Gasteiger partial charge on any atom is -0.479 e. The van der Waals surface area contributed by atoms with Crippen molar-refractivity contribution in [2.75, 3.05) is 19.5 Å². The van der Waals surface area contributed by atoms with Crippen LogP contribution in [-0.2, 0) is 25.5 Å². The molecule has 1 amide bonds. The number of primary amides is 1. The van der Waals surface area contributed by atoms with Gasteiger partial charge in [-0.3, -0.25) is 9.36 Å². The van der Waals surface area contributed by atoms with Crippen molar-refractivity contribution in [2.24, 2.45) is 5.73 Å². The smallest absolute Gasteiger partial charge is 0.348 e. The summed E-state index contributed by atoms with van der Waals surface area (Å²) in [6.07, 6.45) is -5.51. The van der Waals surface area contributed by atoms with E-state index in [-0.39, 0.29) is 33.4 Å². The van der Waals surface area contributed by atoms with E-state index < -0.39 is 55.0 Å². The Morgan fingerprint density at radius 2 is 1.81 bits per heavy atom. The zero-order valence-corrected chi connectivity index (χ0v) is 19.9. The minimum absolute atomic E-state index is 0.0163. The van der Waals surface area contributed by atoms with E-state index in [9.17, 15) is 29.7 Å². The van der Waals surface area contributed by atoms with Gasteiger partial charge < -0.3 is 36.3 Å². The van der Waals surface area contributed by atoms with E-state index in [1.807, 2.05) is 0 Å². The number of aliphatic hydroxyl groups excluding tert-OH is 1. The number of alkyl halides is 1. The van der Waals surface area contributed by atoms with Gasteiger partial charge in [0.05, 0.1) is 12.9 Å². The fourth-order valence-electron chi connectivity index (χ4n) is 3.45. The van der Waals surface area contributed by atoms with Crippen molar-refractivity contribution in [1.82, 2.24) is 19.5 Å². The number of hydrogen-bond donors (Lipinski definition) is 5. The van der Waals surface area contributed by atoms with E-state index in [1.54, 1.807) is 0 Å². The van der Waals surface area contributed by atoms with Crippen molar-refractivity contribution in [1.29, 1.82) is 0 Å². The molecular weight excluding hydrogens is 519 g/mol. The molecule has 3 aromatic rings. The van der Waals surface area contributed by atoms with Gasteiger partial charge in [0.1, 0.15) is 17.7 Å². The van der Waals surface area contributed by atoms with Gasteiger partial charge in [0, 0.05) is 19.1 Å². The zero-order chi connectivity index (χ0) is 27.5. The lowest BCUT2D eigenvalue weighted by atomic mass is 9.93. The lowest BCUT2D eigenvalue weighted by Gasteiger charge is -2.30. The third-order valence-corrected chi connectivity index (χ3v) is 5.70. The van der Waals surface area contributed by atoms with Gasteiger partial charge in [0.25, 0.3) is 5.60 Å². The number of carbonyl (C=O) groups is 3. The molecule has 16 heteroatoms. The molecule has 0 saturated carbocycles. The number of anilines is 1. The summed E-state index contributed by atoms with van der Waals surface area (Å²) in [4.78, 5) is 46.8. The van der Waals surface area contributed by atoms with Gasteiger partial charge >= 0.3 is 11.9 Å². The van der Waals surface area contributed by atoms with Gasteiger partial charge in [0.15, 0.2) is 11.5 Å². The molecule has 0 aliphatic heterocycles. The molecular formula is C21H22ClFN6O8. The van der Waals surface area contributed by atoms with Gasteiger partial charge in [-0.05, 0) is 29.3 Å². The summed E-state index contributed by atoms with van der Waals surface area (Å²) in [5, 5.41) is 29.8. The molecule has 2 aromatic heterocycles. The standard InChI is InChI=1S/C21H22ClFN6O8/c1-36-11(13(30)14(23)29-8-26-12-15(24)27-20(22)28-17(12)29)7-37-21(18(32)33,19(34)35)6-9-2-4-10(5-3-9)16(25)31/h2-5,8,11,13-14,30H,6-7H2,1H3,(H2,25,31)(H,32,33)(H,34,35)(H2,24,27,28)/t11-,13-,14-/m1/s1. The molecule has 0 spiro atoms. The second-order valence-electron chi connectivity index (χ2n) is 7.83. The number of nitrogens with zero attached hydrogens (tertiary/aromatic N) is 4.